The third-order valence-electron chi connectivity index (χ3n) is 13.2. The molecular formula is C32H53NO4. The van der Waals surface area contributed by atoms with E-state index in [9.17, 15) is 4.79 Å². The predicted octanol–water partition coefficient (Wildman–Crippen LogP) is 6.33. The largest absolute Gasteiger partial charge is 0.461 e. The van der Waals surface area contributed by atoms with E-state index in [0.29, 0.717) is 40.6 Å². The maximum atomic E-state index is 12.6. The summed E-state index contributed by atoms with van der Waals surface area (Å²) in [5, 5.41) is 0. The first-order valence-electron chi connectivity index (χ1n) is 15.8. The van der Waals surface area contributed by atoms with Crippen molar-refractivity contribution in [3.05, 3.63) is 0 Å². The summed E-state index contributed by atoms with van der Waals surface area (Å²) in [7, 11) is 0. The number of carbonyl (C=O) groups excluding carboxylic acids is 1. The van der Waals surface area contributed by atoms with Crippen LogP contribution in [0.3, 0.4) is 0 Å². The molecule has 5 nitrogen and oxygen atoms in total. The highest BCUT2D eigenvalue weighted by Gasteiger charge is 2.69. The minimum absolute atomic E-state index is 0.0512. The van der Waals surface area contributed by atoms with E-state index < -0.39 is 6.04 Å². The van der Waals surface area contributed by atoms with Gasteiger partial charge in [0.2, 0.25) is 0 Å². The molecule has 4 aliphatic carbocycles. The van der Waals surface area contributed by atoms with Crippen LogP contribution in [0.1, 0.15) is 106 Å². The zero-order valence-electron chi connectivity index (χ0n) is 24.3. The van der Waals surface area contributed by atoms with Crippen LogP contribution in [-0.4, -0.2) is 36.6 Å². The molecule has 0 bridgehead atoms. The minimum atomic E-state index is -0.506. The number of hydrogen-bond acceptors (Lipinski definition) is 5. The molecule has 2 N–H and O–H groups in total. The number of esters is 1. The van der Waals surface area contributed by atoms with Crippen LogP contribution in [0.5, 0.6) is 0 Å². The minimum Gasteiger partial charge on any atom is -0.461 e. The summed E-state index contributed by atoms with van der Waals surface area (Å²) < 4.78 is 19.4. The third kappa shape index (κ3) is 3.98. The van der Waals surface area contributed by atoms with Crippen molar-refractivity contribution in [1.82, 2.24) is 0 Å². The zero-order valence-corrected chi connectivity index (χ0v) is 24.3. The van der Waals surface area contributed by atoms with Crippen LogP contribution in [0.4, 0.5) is 0 Å². The monoisotopic (exact) mass is 515 g/mol. The van der Waals surface area contributed by atoms with Gasteiger partial charge < -0.3 is 19.9 Å². The van der Waals surface area contributed by atoms with Crippen molar-refractivity contribution < 1.29 is 19.0 Å². The molecule has 13 atom stereocenters. The fourth-order valence-corrected chi connectivity index (χ4v) is 10.9. The van der Waals surface area contributed by atoms with Gasteiger partial charge in [-0.2, -0.15) is 0 Å². The third-order valence-corrected chi connectivity index (χ3v) is 13.2. The van der Waals surface area contributed by atoms with Crippen molar-refractivity contribution >= 4 is 5.97 Å². The van der Waals surface area contributed by atoms with Gasteiger partial charge in [-0.3, -0.25) is 4.79 Å². The Hall–Kier alpha value is -0.650. The van der Waals surface area contributed by atoms with Crippen molar-refractivity contribution in [2.24, 2.45) is 63.9 Å². The van der Waals surface area contributed by atoms with Crippen molar-refractivity contribution in [2.75, 3.05) is 6.61 Å². The molecule has 6 rings (SSSR count). The Bertz CT molecular complexity index is 882. The highest BCUT2D eigenvalue weighted by molar-refractivity contribution is 5.75. The van der Waals surface area contributed by atoms with Gasteiger partial charge in [-0.15, -0.1) is 0 Å². The first-order valence-corrected chi connectivity index (χ1v) is 15.8. The standard InChI is InChI=1S/C32H53NO4/c1-18(2)28(33)29(34)36-22-10-12-30(5)21(15-22)7-8-23-24(30)11-13-31(6)25(23)16-26-27(31)20(4)32(37-26)14-9-19(3)17-35-32/h18-28H,7-17,33H2,1-6H3/t19-,20?,21?,22-,23?,24?,25?,26?,27?,28?,30-,31-,32+/m0/s1. The van der Waals surface area contributed by atoms with E-state index >= 15 is 0 Å². The van der Waals surface area contributed by atoms with E-state index in [2.05, 4.69) is 27.7 Å². The lowest BCUT2D eigenvalue weighted by atomic mass is 9.44. The number of rotatable bonds is 3. The van der Waals surface area contributed by atoms with Crippen LogP contribution < -0.4 is 5.73 Å². The normalized spacial score (nSPS) is 53.8. The van der Waals surface area contributed by atoms with Crippen molar-refractivity contribution in [3.63, 3.8) is 0 Å². The molecule has 0 amide bonds. The van der Waals surface area contributed by atoms with Crippen LogP contribution in [0, 0.1) is 58.2 Å². The number of hydrogen-bond donors (Lipinski definition) is 1. The molecule has 0 radical (unpaired) electrons. The molecule has 4 saturated carbocycles. The number of ether oxygens (including phenoxy) is 3. The second kappa shape index (κ2) is 9.20. The van der Waals surface area contributed by atoms with Gasteiger partial charge in [0.25, 0.3) is 0 Å². The molecule has 0 aromatic heterocycles. The summed E-state index contributed by atoms with van der Waals surface area (Å²) in [5.74, 6) is 4.44. The Morgan fingerprint density at radius 3 is 2.41 bits per heavy atom. The van der Waals surface area contributed by atoms with Gasteiger partial charge in [0.1, 0.15) is 12.1 Å². The summed E-state index contributed by atoms with van der Waals surface area (Å²) in [6.45, 7) is 14.8. The molecule has 210 valence electrons. The molecule has 2 saturated heterocycles. The Labute approximate surface area is 225 Å². The molecular weight excluding hydrogens is 462 g/mol. The maximum Gasteiger partial charge on any atom is 0.323 e. The molecule has 2 heterocycles. The predicted molar refractivity (Wildman–Crippen MR) is 144 cm³/mol. The van der Waals surface area contributed by atoms with Gasteiger partial charge in [-0.1, -0.05) is 41.5 Å². The van der Waals surface area contributed by atoms with Crippen molar-refractivity contribution in [3.8, 4) is 0 Å². The van der Waals surface area contributed by atoms with Crippen molar-refractivity contribution in [2.45, 2.75) is 130 Å². The quantitative estimate of drug-likeness (QED) is 0.445. The van der Waals surface area contributed by atoms with Gasteiger partial charge in [0, 0.05) is 12.3 Å². The Morgan fingerprint density at radius 2 is 1.70 bits per heavy atom. The topological polar surface area (TPSA) is 70.8 Å². The van der Waals surface area contributed by atoms with Gasteiger partial charge >= 0.3 is 5.97 Å². The SMILES string of the molecule is CC(C)C(N)C(=O)O[C@H]1CC[C@@]2(C)C(CCC3C2CC[C@@]2(C)C3CC3O[C@]4(CC[C@H](C)CO4)C(C)C32)C1. The Kier molecular flexibility index (Phi) is 6.60. The molecule has 6 fully saturated rings. The lowest BCUT2D eigenvalue weighted by Crippen LogP contribution is -2.55. The number of nitrogens with two attached hydrogens (primary N) is 1. The highest BCUT2D eigenvalue weighted by Crippen LogP contribution is 2.71. The van der Waals surface area contributed by atoms with Crippen LogP contribution >= 0.6 is 0 Å². The molecule has 2 aliphatic heterocycles. The number of fused-ring (bicyclic) bond motifs is 7. The Morgan fingerprint density at radius 1 is 0.946 bits per heavy atom. The first kappa shape index (κ1) is 26.6. The van der Waals surface area contributed by atoms with Crippen LogP contribution in [0.2, 0.25) is 0 Å². The van der Waals surface area contributed by atoms with Gasteiger partial charge in [-0.05, 0) is 110 Å². The summed E-state index contributed by atoms with van der Waals surface area (Å²) in [6, 6.07) is -0.506. The van der Waals surface area contributed by atoms with Gasteiger partial charge in [-0.25, -0.2) is 0 Å². The lowest BCUT2D eigenvalue weighted by Gasteiger charge is -2.61. The first-order chi connectivity index (χ1) is 17.5. The maximum absolute atomic E-state index is 12.6. The van der Waals surface area contributed by atoms with E-state index in [4.69, 9.17) is 19.9 Å². The van der Waals surface area contributed by atoms with E-state index in [0.717, 1.165) is 43.6 Å². The van der Waals surface area contributed by atoms with Gasteiger partial charge in [0.05, 0.1) is 12.7 Å². The molecule has 5 heteroatoms. The van der Waals surface area contributed by atoms with E-state index in [1.807, 2.05) is 13.8 Å². The summed E-state index contributed by atoms with van der Waals surface area (Å²) in [4.78, 5) is 12.6. The average molecular weight is 516 g/mol. The van der Waals surface area contributed by atoms with Crippen LogP contribution in [0.25, 0.3) is 0 Å². The molecule has 0 aromatic carbocycles. The lowest BCUT2D eigenvalue weighted by molar-refractivity contribution is -0.273. The Balaban J connectivity index is 1.15. The fraction of sp³-hybridized carbons (Fsp3) is 0.969. The van der Waals surface area contributed by atoms with Gasteiger partial charge in [0.15, 0.2) is 5.79 Å². The number of carbonyl (C=O) groups is 1. The molecule has 37 heavy (non-hydrogen) atoms. The molecule has 6 aliphatic rings. The second-order valence-corrected chi connectivity index (χ2v) is 15.3. The summed E-state index contributed by atoms with van der Waals surface area (Å²) >= 11 is 0. The average Bonchev–Trinajstić information content (AvgIpc) is 3.30. The van der Waals surface area contributed by atoms with E-state index in [1.54, 1.807) is 0 Å². The van der Waals surface area contributed by atoms with Crippen LogP contribution in [-0.2, 0) is 19.0 Å². The molecule has 8 unspecified atom stereocenters. The van der Waals surface area contributed by atoms with E-state index in [1.165, 1.54) is 44.9 Å². The van der Waals surface area contributed by atoms with E-state index in [-0.39, 0.29) is 23.8 Å². The second-order valence-electron chi connectivity index (χ2n) is 15.3. The van der Waals surface area contributed by atoms with Crippen molar-refractivity contribution in [1.29, 1.82) is 0 Å². The molecule has 1 spiro atoms. The summed E-state index contributed by atoms with van der Waals surface area (Å²) in [6.07, 6.45) is 12.5. The molecule has 0 aromatic rings. The zero-order chi connectivity index (χ0) is 26.3. The van der Waals surface area contributed by atoms with Crippen LogP contribution in [0.15, 0.2) is 0 Å². The smallest absolute Gasteiger partial charge is 0.323 e. The summed E-state index contributed by atoms with van der Waals surface area (Å²) in [5.41, 5.74) is 6.85. The fourth-order valence-electron chi connectivity index (χ4n) is 10.9. The highest BCUT2D eigenvalue weighted by atomic mass is 16.7.